The van der Waals surface area contributed by atoms with Crippen LogP contribution in [-0.2, 0) is 6.54 Å². The van der Waals surface area contributed by atoms with Crippen LogP contribution in [0.3, 0.4) is 0 Å². The largest absolute Gasteiger partial charge is 0.368 e. The Morgan fingerprint density at radius 3 is 3.19 bits per heavy atom. The van der Waals surface area contributed by atoms with Gasteiger partial charge in [0, 0.05) is 31.0 Å². The van der Waals surface area contributed by atoms with Gasteiger partial charge in [0.05, 0.1) is 5.69 Å². The fourth-order valence-electron chi connectivity index (χ4n) is 2.52. The number of pyridine rings is 1. The quantitative estimate of drug-likeness (QED) is 0.841. The summed E-state index contributed by atoms with van der Waals surface area (Å²) >= 11 is 0. The third kappa shape index (κ3) is 2.35. The summed E-state index contributed by atoms with van der Waals surface area (Å²) in [5.74, 6) is 0. The number of nitrogens with one attached hydrogen (secondary N) is 1. The van der Waals surface area contributed by atoms with E-state index in [9.17, 15) is 0 Å². The Hall–Kier alpha value is -1.09. The fourth-order valence-corrected chi connectivity index (χ4v) is 2.52. The molecule has 1 N–H and O–H groups in total. The van der Waals surface area contributed by atoms with Gasteiger partial charge in [0.1, 0.15) is 0 Å². The van der Waals surface area contributed by atoms with Crippen LogP contribution in [0.15, 0.2) is 18.3 Å². The molecule has 1 aliphatic heterocycles. The second-order valence-electron chi connectivity index (χ2n) is 4.43. The van der Waals surface area contributed by atoms with Crippen LogP contribution >= 0.6 is 0 Å². The summed E-state index contributed by atoms with van der Waals surface area (Å²) in [4.78, 5) is 6.89. The van der Waals surface area contributed by atoms with E-state index in [0.29, 0.717) is 0 Å². The maximum atomic E-state index is 4.36. The Labute approximate surface area is 97.9 Å². The van der Waals surface area contributed by atoms with Gasteiger partial charge >= 0.3 is 0 Å². The van der Waals surface area contributed by atoms with Crippen LogP contribution < -0.4 is 10.2 Å². The molecule has 0 saturated carbocycles. The molecule has 2 rings (SSSR count). The predicted molar refractivity (Wildman–Crippen MR) is 67.7 cm³/mol. The van der Waals surface area contributed by atoms with Crippen molar-refractivity contribution in [2.45, 2.75) is 38.8 Å². The zero-order valence-electron chi connectivity index (χ0n) is 10.2. The summed E-state index contributed by atoms with van der Waals surface area (Å²) in [6, 6.07) is 5.07. The van der Waals surface area contributed by atoms with Gasteiger partial charge in [-0.3, -0.25) is 4.98 Å². The Morgan fingerprint density at radius 1 is 1.56 bits per heavy atom. The number of anilines is 1. The molecule has 3 heteroatoms. The lowest BCUT2D eigenvalue weighted by Crippen LogP contribution is -2.28. The highest BCUT2D eigenvalue weighted by atomic mass is 15.2. The Balaban J connectivity index is 2.16. The van der Waals surface area contributed by atoms with E-state index in [2.05, 4.69) is 34.3 Å². The van der Waals surface area contributed by atoms with Crippen molar-refractivity contribution < 1.29 is 0 Å². The van der Waals surface area contributed by atoms with Crippen molar-refractivity contribution in [3.8, 4) is 0 Å². The van der Waals surface area contributed by atoms with Gasteiger partial charge in [0.25, 0.3) is 0 Å². The minimum absolute atomic E-state index is 0.727. The van der Waals surface area contributed by atoms with Crippen molar-refractivity contribution in [1.82, 2.24) is 10.3 Å². The zero-order chi connectivity index (χ0) is 11.4. The van der Waals surface area contributed by atoms with E-state index >= 15 is 0 Å². The minimum atomic E-state index is 0.727. The van der Waals surface area contributed by atoms with Crippen LogP contribution in [0.1, 0.15) is 31.9 Å². The number of hydrogen-bond acceptors (Lipinski definition) is 3. The molecule has 0 aliphatic carbocycles. The normalized spacial score (nSPS) is 20.4. The number of nitrogens with zero attached hydrogens (tertiary/aromatic N) is 2. The molecule has 0 bridgehead atoms. The topological polar surface area (TPSA) is 28.2 Å². The van der Waals surface area contributed by atoms with Crippen molar-refractivity contribution >= 4 is 5.69 Å². The summed E-state index contributed by atoms with van der Waals surface area (Å²) < 4.78 is 0. The maximum Gasteiger partial charge on any atom is 0.0562 e. The number of aromatic nitrogens is 1. The molecule has 1 aromatic rings. The van der Waals surface area contributed by atoms with E-state index in [1.807, 2.05) is 13.2 Å². The van der Waals surface area contributed by atoms with E-state index in [-0.39, 0.29) is 0 Å². The summed E-state index contributed by atoms with van der Waals surface area (Å²) in [6.45, 7) is 4.32. The van der Waals surface area contributed by atoms with E-state index in [0.717, 1.165) is 18.3 Å². The lowest BCUT2D eigenvalue weighted by Gasteiger charge is -2.26. The second-order valence-corrected chi connectivity index (χ2v) is 4.43. The first kappa shape index (κ1) is 11.4. The molecule has 16 heavy (non-hydrogen) atoms. The van der Waals surface area contributed by atoms with Crippen molar-refractivity contribution in [2.75, 3.05) is 18.5 Å². The number of rotatable bonds is 4. The van der Waals surface area contributed by atoms with Gasteiger partial charge in [-0.2, -0.15) is 0 Å². The molecule has 88 valence electrons. The van der Waals surface area contributed by atoms with E-state index in [1.165, 1.54) is 31.5 Å². The average Bonchev–Trinajstić information content (AvgIpc) is 2.78. The lowest BCUT2D eigenvalue weighted by atomic mass is 10.1. The van der Waals surface area contributed by atoms with Crippen LogP contribution in [0.25, 0.3) is 0 Å². The summed E-state index contributed by atoms with van der Waals surface area (Å²) in [5, 5.41) is 3.15. The second kappa shape index (κ2) is 5.30. The smallest absolute Gasteiger partial charge is 0.0562 e. The highest BCUT2D eigenvalue weighted by Gasteiger charge is 2.22. The summed E-state index contributed by atoms with van der Waals surface area (Å²) in [7, 11) is 1.96. The zero-order valence-corrected chi connectivity index (χ0v) is 10.2. The van der Waals surface area contributed by atoms with Crippen LogP contribution in [0.5, 0.6) is 0 Å². The molecule has 1 aromatic heterocycles. The molecule has 1 unspecified atom stereocenters. The maximum absolute atomic E-state index is 4.36. The fraction of sp³-hybridized carbons (Fsp3) is 0.615. The standard InChI is InChI=1S/C13H21N3/c1-3-12-5-4-8-16(12)13-6-7-15-11(9-13)10-14-2/h6-7,9,12,14H,3-5,8,10H2,1-2H3. The minimum Gasteiger partial charge on any atom is -0.368 e. The van der Waals surface area contributed by atoms with Gasteiger partial charge in [-0.15, -0.1) is 0 Å². The molecule has 1 aliphatic rings. The molecule has 0 amide bonds. The van der Waals surface area contributed by atoms with Crippen molar-refractivity contribution in [3.05, 3.63) is 24.0 Å². The molecule has 1 fully saturated rings. The SMILES string of the molecule is CCC1CCCN1c1ccnc(CNC)c1. The average molecular weight is 219 g/mol. The van der Waals surface area contributed by atoms with Crippen LogP contribution in [0.2, 0.25) is 0 Å². The summed E-state index contributed by atoms with van der Waals surface area (Å²) in [5.41, 5.74) is 2.46. The Morgan fingerprint density at radius 2 is 2.44 bits per heavy atom. The Kier molecular flexibility index (Phi) is 3.78. The molecule has 1 atom stereocenters. The van der Waals surface area contributed by atoms with Gasteiger partial charge in [-0.05, 0) is 38.4 Å². The van der Waals surface area contributed by atoms with Gasteiger partial charge in [-0.1, -0.05) is 6.92 Å². The highest BCUT2D eigenvalue weighted by molar-refractivity contribution is 5.48. The first-order valence-electron chi connectivity index (χ1n) is 6.21. The van der Waals surface area contributed by atoms with E-state index < -0.39 is 0 Å². The van der Waals surface area contributed by atoms with Crippen molar-refractivity contribution in [2.24, 2.45) is 0 Å². The molecule has 1 saturated heterocycles. The van der Waals surface area contributed by atoms with E-state index in [4.69, 9.17) is 0 Å². The molecular weight excluding hydrogens is 198 g/mol. The molecule has 0 radical (unpaired) electrons. The highest BCUT2D eigenvalue weighted by Crippen LogP contribution is 2.27. The monoisotopic (exact) mass is 219 g/mol. The first-order chi connectivity index (χ1) is 7.85. The van der Waals surface area contributed by atoms with Gasteiger partial charge < -0.3 is 10.2 Å². The molecule has 3 nitrogen and oxygen atoms in total. The van der Waals surface area contributed by atoms with Crippen LogP contribution in [0.4, 0.5) is 5.69 Å². The first-order valence-corrected chi connectivity index (χ1v) is 6.21. The third-order valence-electron chi connectivity index (χ3n) is 3.34. The lowest BCUT2D eigenvalue weighted by molar-refractivity contribution is 0.644. The van der Waals surface area contributed by atoms with Crippen LogP contribution in [0, 0.1) is 0 Å². The van der Waals surface area contributed by atoms with Gasteiger partial charge in [-0.25, -0.2) is 0 Å². The molecule has 0 spiro atoms. The molecule has 2 heterocycles. The van der Waals surface area contributed by atoms with E-state index in [1.54, 1.807) is 0 Å². The number of hydrogen-bond donors (Lipinski definition) is 1. The predicted octanol–water partition coefficient (Wildman–Crippen LogP) is 2.18. The summed E-state index contributed by atoms with van der Waals surface area (Å²) in [6.07, 6.45) is 5.82. The van der Waals surface area contributed by atoms with Gasteiger partial charge in [0.2, 0.25) is 0 Å². The van der Waals surface area contributed by atoms with Crippen LogP contribution in [-0.4, -0.2) is 24.6 Å². The third-order valence-corrected chi connectivity index (χ3v) is 3.34. The molecular formula is C13H21N3. The molecule has 0 aromatic carbocycles. The van der Waals surface area contributed by atoms with Crippen molar-refractivity contribution in [1.29, 1.82) is 0 Å². The van der Waals surface area contributed by atoms with Gasteiger partial charge in [0.15, 0.2) is 0 Å². The Bertz CT molecular complexity index is 338. The van der Waals surface area contributed by atoms with Crippen molar-refractivity contribution in [3.63, 3.8) is 0 Å².